The Balaban J connectivity index is 0.00000162. The molecule has 0 radical (unpaired) electrons. The SMILES string of the molecule is C=C1C=CC(=O)N1CCN1C(=O)CC([S-])C1=O.[K+]. The molecule has 3 amide bonds. The number of rotatable bonds is 3. The fraction of sp³-hybridized carbons (Fsp3) is 0.364. The van der Waals surface area contributed by atoms with Crippen LogP contribution in [0.5, 0.6) is 0 Å². The van der Waals surface area contributed by atoms with Gasteiger partial charge in [-0.3, -0.25) is 19.3 Å². The zero-order valence-corrected chi connectivity index (χ0v) is 14.0. The number of carbonyl (C=O) groups excluding carboxylic acids is 3. The Hall–Kier alpha value is 0.0764. The van der Waals surface area contributed by atoms with Crippen LogP contribution in [0.4, 0.5) is 0 Å². The minimum Gasteiger partial charge on any atom is -0.779 e. The van der Waals surface area contributed by atoms with Gasteiger partial charge in [0.2, 0.25) is 11.8 Å². The molecule has 18 heavy (non-hydrogen) atoms. The summed E-state index contributed by atoms with van der Waals surface area (Å²) in [4.78, 5) is 36.9. The number of hydrogen-bond donors (Lipinski definition) is 0. The minimum atomic E-state index is -0.655. The molecule has 0 bridgehead atoms. The summed E-state index contributed by atoms with van der Waals surface area (Å²) in [7, 11) is 0. The fourth-order valence-corrected chi connectivity index (χ4v) is 2.10. The molecule has 7 heteroatoms. The molecule has 2 aliphatic heterocycles. The van der Waals surface area contributed by atoms with Crippen LogP contribution in [-0.4, -0.2) is 45.9 Å². The molecule has 1 atom stereocenters. The molecule has 1 saturated heterocycles. The number of allylic oxidation sites excluding steroid dienone is 1. The van der Waals surface area contributed by atoms with Crippen molar-refractivity contribution in [1.82, 2.24) is 9.80 Å². The first-order valence-electron chi connectivity index (χ1n) is 5.19. The Morgan fingerprint density at radius 1 is 1.22 bits per heavy atom. The predicted octanol–water partition coefficient (Wildman–Crippen LogP) is -3.42. The standard InChI is InChI=1S/C11H12N2O3S.K/c1-7-2-3-9(14)12(7)4-5-13-10(15)6-8(17)11(13)16;/h2-3,8,17H,1,4-6H2;/q;+1/p-1. The Morgan fingerprint density at radius 2 is 1.83 bits per heavy atom. The third-order valence-corrected chi connectivity index (χ3v) is 3.15. The predicted molar refractivity (Wildman–Crippen MR) is 62.5 cm³/mol. The van der Waals surface area contributed by atoms with Gasteiger partial charge in [-0.15, -0.1) is 0 Å². The van der Waals surface area contributed by atoms with E-state index in [0.717, 1.165) is 4.90 Å². The van der Waals surface area contributed by atoms with E-state index in [1.165, 1.54) is 11.0 Å². The van der Waals surface area contributed by atoms with Gasteiger partial charge in [-0.05, 0) is 6.08 Å². The average Bonchev–Trinajstić information content (AvgIpc) is 2.70. The van der Waals surface area contributed by atoms with Gasteiger partial charge < -0.3 is 17.5 Å². The Morgan fingerprint density at radius 3 is 2.28 bits per heavy atom. The fourth-order valence-electron chi connectivity index (χ4n) is 1.83. The molecule has 90 valence electrons. The normalized spacial score (nSPS) is 23.1. The number of nitrogens with zero attached hydrogens (tertiary/aromatic N) is 2. The van der Waals surface area contributed by atoms with Gasteiger partial charge in [-0.25, -0.2) is 0 Å². The van der Waals surface area contributed by atoms with Crippen molar-refractivity contribution in [1.29, 1.82) is 0 Å². The van der Waals surface area contributed by atoms with Crippen molar-refractivity contribution in [3.05, 3.63) is 24.4 Å². The number of likely N-dealkylation sites (tertiary alicyclic amines) is 1. The van der Waals surface area contributed by atoms with Gasteiger partial charge >= 0.3 is 51.4 Å². The molecule has 0 aliphatic carbocycles. The Labute approximate surface area is 153 Å². The van der Waals surface area contributed by atoms with Crippen molar-refractivity contribution >= 4 is 30.4 Å². The maximum absolute atomic E-state index is 11.5. The summed E-state index contributed by atoms with van der Waals surface area (Å²) in [5.74, 6) is -0.778. The largest absolute Gasteiger partial charge is 1.00 e. The van der Waals surface area contributed by atoms with Gasteiger partial charge in [-0.1, -0.05) is 11.8 Å². The quantitative estimate of drug-likeness (QED) is 0.309. The summed E-state index contributed by atoms with van der Waals surface area (Å²) in [5, 5.41) is -0.655. The molecule has 0 aromatic carbocycles. The van der Waals surface area contributed by atoms with E-state index in [1.54, 1.807) is 6.08 Å². The molecule has 2 rings (SSSR count). The van der Waals surface area contributed by atoms with Gasteiger partial charge in [-0.2, -0.15) is 0 Å². The first-order chi connectivity index (χ1) is 8.00. The topological polar surface area (TPSA) is 57.7 Å². The van der Waals surface area contributed by atoms with E-state index in [0.29, 0.717) is 5.70 Å². The first kappa shape index (κ1) is 16.1. The summed E-state index contributed by atoms with van der Waals surface area (Å²) < 4.78 is 0. The molecule has 0 N–H and O–H groups in total. The van der Waals surface area contributed by atoms with Crippen LogP contribution in [0.2, 0.25) is 0 Å². The van der Waals surface area contributed by atoms with E-state index in [9.17, 15) is 14.4 Å². The molecular formula is C11H11KN2O3S. The molecule has 1 fully saturated rings. The number of carbonyl (C=O) groups is 3. The summed E-state index contributed by atoms with van der Waals surface area (Å²) in [6.07, 6.45) is 3.10. The summed E-state index contributed by atoms with van der Waals surface area (Å²) >= 11 is 4.85. The van der Waals surface area contributed by atoms with Gasteiger partial charge in [0, 0.05) is 31.3 Å². The van der Waals surface area contributed by atoms with Gasteiger partial charge in [0.15, 0.2) is 0 Å². The minimum absolute atomic E-state index is 0. The molecule has 0 aromatic heterocycles. The Bertz CT molecular complexity index is 432. The number of imide groups is 1. The molecule has 5 nitrogen and oxygen atoms in total. The van der Waals surface area contributed by atoms with E-state index in [1.807, 2.05) is 0 Å². The second-order valence-electron chi connectivity index (χ2n) is 3.89. The van der Waals surface area contributed by atoms with Crippen molar-refractivity contribution in [2.24, 2.45) is 0 Å². The third-order valence-electron chi connectivity index (χ3n) is 2.78. The maximum atomic E-state index is 11.5. The Kier molecular flexibility index (Phi) is 5.82. The summed E-state index contributed by atoms with van der Waals surface area (Å²) in [5.41, 5.74) is 0.573. The molecule has 2 aliphatic rings. The second kappa shape index (κ2) is 6.49. The average molecular weight is 290 g/mol. The van der Waals surface area contributed by atoms with Crippen molar-refractivity contribution in [3.8, 4) is 0 Å². The smallest absolute Gasteiger partial charge is 0.779 e. The van der Waals surface area contributed by atoms with Crippen LogP contribution in [0, 0.1) is 0 Å². The number of amides is 3. The van der Waals surface area contributed by atoms with E-state index in [-0.39, 0.29) is 88.6 Å². The van der Waals surface area contributed by atoms with Crippen molar-refractivity contribution in [2.75, 3.05) is 13.1 Å². The monoisotopic (exact) mass is 290 g/mol. The molecule has 0 saturated carbocycles. The molecule has 0 aromatic rings. The molecule has 1 unspecified atom stereocenters. The van der Waals surface area contributed by atoms with E-state index < -0.39 is 5.25 Å². The van der Waals surface area contributed by atoms with Crippen LogP contribution in [0.25, 0.3) is 0 Å². The molecule has 2 heterocycles. The van der Waals surface area contributed by atoms with Crippen LogP contribution in [0.3, 0.4) is 0 Å². The van der Waals surface area contributed by atoms with Crippen molar-refractivity contribution < 1.29 is 65.8 Å². The van der Waals surface area contributed by atoms with Crippen LogP contribution in [0.1, 0.15) is 6.42 Å². The summed E-state index contributed by atoms with van der Waals surface area (Å²) in [6.45, 7) is 4.14. The van der Waals surface area contributed by atoms with E-state index in [4.69, 9.17) is 12.6 Å². The zero-order chi connectivity index (χ0) is 12.6. The second-order valence-corrected chi connectivity index (χ2v) is 4.46. The van der Waals surface area contributed by atoms with Gasteiger partial charge in [0.1, 0.15) is 0 Å². The first-order valence-corrected chi connectivity index (χ1v) is 5.66. The van der Waals surface area contributed by atoms with Crippen LogP contribution < -0.4 is 51.4 Å². The van der Waals surface area contributed by atoms with Crippen LogP contribution in [-0.2, 0) is 27.0 Å². The van der Waals surface area contributed by atoms with E-state index >= 15 is 0 Å². The number of hydrogen-bond acceptors (Lipinski definition) is 4. The molecular weight excluding hydrogens is 279 g/mol. The van der Waals surface area contributed by atoms with Crippen molar-refractivity contribution in [2.45, 2.75) is 11.7 Å². The third kappa shape index (κ3) is 3.15. The van der Waals surface area contributed by atoms with Crippen LogP contribution in [0.15, 0.2) is 24.4 Å². The summed E-state index contributed by atoms with van der Waals surface area (Å²) in [6, 6.07) is 0. The van der Waals surface area contributed by atoms with Crippen molar-refractivity contribution in [3.63, 3.8) is 0 Å². The maximum Gasteiger partial charge on any atom is 1.00 e. The van der Waals surface area contributed by atoms with Gasteiger partial charge in [0.05, 0.1) is 0 Å². The molecule has 0 spiro atoms. The van der Waals surface area contributed by atoms with Crippen LogP contribution >= 0.6 is 0 Å². The van der Waals surface area contributed by atoms with E-state index in [2.05, 4.69) is 6.58 Å². The van der Waals surface area contributed by atoms with Gasteiger partial charge in [0.25, 0.3) is 5.91 Å². The zero-order valence-electron chi connectivity index (χ0n) is 10.1.